The van der Waals surface area contributed by atoms with Gasteiger partial charge >= 0.3 is 6.09 Å². The van der Waals surface area contributed by atoms with Gasteiger partial charge in [-0.15, -0.1) is 0 Å². The standard InChI is InChI=1S/C21H26N4O3/c1-21(2,3)28-20(26)23-9-6-10-27-18-12-15-8-5-4-7-14(15)11-16(18)17-13-19(22)25-24-17/h4-5,7-8,11-13H,6,9-10H2,1-3H3,(H,23,26)(H3,22,24,25). The SMILES string of the molecule is CC(C)(C)OC(=O)NCCCOc1cc2ccccc2cc1-c1cc(N)n[nH]1. The van der Waals surface area contributed by atoms with E-state index in [9.17, 15) is 4.79 Å². The van der Waals surface area contributed by atoms with Crippen LogP contribution in [-0.2, 0) is 4.74 Å². The molecule has 0 spiro atoms. The molecule has 3 rings (SSSR count). The zero-order chi connectivity index (χ0) is 20.1. The molecule has 3 aromatic rings. The number of H-pyrrole nitrogens is 1. The van der Waals surface area contributed by atoms with Gasteiger partial charge in [0.1, 0.15) is 17.2 Å². The van der Waals surface area contributed by atoms with Gasteiger partial charge in [0.15, 0.2) is 0 Å². The fourth-order valence-electron chi connectivity index (χ4n) is 2.78. The maximum Gasteiger partial charge on any atom is 0.407 e. The van der Waals surface area contributed by atoms with Crippen molar-refractivity contribution in [3.8, 4) is 17.0 Å². The second-order valence-corrected chi connectivity index (χ2v) is 7.53. The number of nitrogens with zero attached hydrogens (tertiary/aromatic N) is 1. The van der Waals surface area contributed by atoms with Crippen molar-refractivity contribution in [2.75, 3.05) is 18.9 Å². The number of hydrogen-bond acceptors (Lipinski definition) is 5. The minimum Gasteiger partial charge on any atom is -0.493 e. The van der Waals surface area contributed by atoms with E-state index < -0.39 is 11.7 Å². The zero-order valence-electron chi connectivity index (χ0n) is 16.4. The third kappa shape index (κ3) is 5.16. The molecule has 0 unspecified atom stereocenters. The lowest BCUT2D eigenvalue weighted by Gasteiger charge is -2.19. The molecule has 0 saturated carbocycles. The summed E-state index contributed by atoms with van der Waals surface area (Å²) in [7, 11) is 0. The van der Waals surface area contributed by atoms with Crippen LogP contribution in [0, 0.1) is 0 Å². The molecule has 4 N–H and O–H groups in total. The Balaban J connectivity index is 1.66. The van der Waals surface area contributed by atoms with Gasteiger partial charge in [-0.2, -0.15) is 5.10 Å². The van der Waals surface area contributed by atoms with Gasteiger partial charge in [0.2, 0.25) is 0 Å². The van der Waals surface area contributed by atoms with Gasteiger partial charge < -0.3 is 20.5 Å². The molecule has 0 atom stereocenters. The van der Waals surface area contributed by atoms with Crippen molar-refractivity contribution in [3.05, 3.63) is 42.5 Å². The van der Waals surface area contributed by atoms with E-state index in [4.69, 9.17) is 15.2 Å². The first-order valence-corrected chi connectivity index (χ1v) is 9.25. The molecule has 0 aliphatic rings. The fraction of sp³-hybridized carbons (Fsp3) is 0.333. The highest BCUT2D eigenvalue weighted by Gasteiger charge is 2.15. The molecule has 0 fully saturated rings. The van der Waals surface area contributed by atoms with Crippen LogP contribution in [0.2, 0.25) is 0 Å². The number of anilines is 1. The Morgan fingerprint density at radius 3 is 2.54 bits per heavy atom. The van der Waals surface area contributed by atoms with Gasteiger partial charge in [-0.1, -0.05) is 24.3 Å². The molecule has 0 saturated heterocycles. The Hall–Kier alpha value is -3.22. The third-order valence-corrected chi connectivity index (χ3v) is 3.98. The van der Waals surface area contributed by atoms with Gasteiger partial charge in [-0.3, -0.25) is 5.10 Å². The van der Waals surface area contributed by atoms with E-state index in [1.807, 2.05) is 51.1 Å². The molecule has 0 radical (unpaired) electrons. The Kier molecular flexibility index (Phi) is 5.73. The molecular weight excluding hydrogens is 356 g/mol. The van der Waals surface area contributed by atoms with Crippen LogP contribution in [-0.4, -0.2) is 35.0 Å². The quantitative estimate of drug-likeness (QED) is 0.557. The second kappa shape index (κ2) is 8.21. The summed E-state index contributed by atoms with van der Waals surface area (Å²) in [4.78, 5) is 11.7. The summed E-state index contributed by atoms with van der Waals surface area (Å²) < 4.78 is 11.2. The van der Waals surface area contributed by atoms with Crippen molar-refractivity contribution < 1.29 is 14.3 Å². The monoisotopic (exact) mass is 382 g/mol. The van der Waals surface area contributed by atoms with Gasteiger partial charge in [0, 0.05) is 18.2 Å². The van der Waals surface area contributed by atoms with Crippen LogP contribution in [0.4, 0.5) is 10.6 Å². The number of nitrogens with one attached hydrogen (secondary N) is 2. The molecule has 0 aliphatic carbocycles. The maximum absolute atomic E-state index is 11.7. The number of aromatic nitrogens is 2. The van der Waals surface area contributed by atoms with Crippen LogP contribution in [0.5, 0.6) is 5.75 Å². The number of benzene rings is 2. The average molecular weight is 382 g/mol. The Morgan fingerprint density at radius 2 is 1.89 bits per heavy atom. The lowest BCUT2D eigenvalue weighted by molar-refractivity contribution is 0.0525. The highest BCUT2D eigenvalue weighted by molar-refractivity contribution is 5.90. The van der Waals surface area contributed by atoms with E-state index in [-0.39, 0.29) is 0 Å². The number of hydrogen-bond donors (Lipinski definition) is 3. The minimum absolute atomic E-state index is 0.424. The van der Waals surface area contributed by atoms with Gasteiger partial charge in [-0.25, -0.2) is 4.79 Å². The number of carbonyl (C=O) groups excluding carboxylic acids is 1. The van der Waals surface area contributed by atoms with E-state index in [1.54, 1.807) is 6.07 Å². The number of alkyl carbamates (subject to hydrolysis) is 1. The molecule has 1 amide bonds. The zero-order valence-corrected chi connectivity index (χ0v) is 16.4. The van der Waals surface area contributed by atoms with Crippen LogP contribution < -0.4 is 15.8 Å². The van der Waals surface area contributed by atoms with Crippen molar-refractivity contribution >= 4 is 22.7 Å². The van der Waals surface area contributed by atoms with E-state index in [0.717, 1.165) is 27.8 Å². The molecule has 148 valence electrons. The van der Waals surface area contributed by atoms with E-state index in [1.165, 1.54) is 0 Å². The summed E-state index contributed by atoms with van der Waals surface area (Å²) >= 11 is 0. The lowest BCUT2D eigenvalue weighted by Crippen LogP contribution is -2.33. The molecule has 7 heteroatoms. The summed E-state index contributed by atoms with van der Waals surface area (Å²) in [6, 6.07) is 13.9. The maximum atomic E-state index is 11.7. The molecular formula is C21H26N4O3. The average Bonchev–Trinajstić information content (AvgIpc) is 3.05. The first-order chi connectivity index (χ1) is 13.3. The number of fused-ring (bicyclic) bond motifs is 1. The van der Waals surface area contributed by atoms with Crippen LogP contribution in [0.1, 0.15) is 27.2 Å². The molecule has 0 aliphatic heterocycles. The van der Waals surface area contributed by atoms with Crippen molar-refractivity contribution in [3.63, 3.8) is 0 Å². The summed E-state index contributed by atoms with van der Waals surface area (Å²) in [5, 5.41) is 11.9. The second-order valence-electron chi connectivity index (χ2n) is 7.53. The van der Waals surface area contributed by atoms with Crippen molar-refractivity contribution in [2.24, 2.45) is 0 Å². The first-order valence-electron chi connectivity index (χ1n) is 9.25. The number of carbonyl (C=O) groups is 1. The topological polar surface area (TPSA) is 102 Å². The van der Waals surface area contributed by atoms with E-state index in [0.29, 0.717) is 25.4 Å². The smallest absolute Gasteiger partial charge is 0.407 e. The van der Waals surface area contributed by atoms with Crippen LogP contribution in [0.15, 0.2) is 42.5 Å². The fourth-order valence-corrected chi connectivity index (χ4v) is 2.78. The van der Waals surface area contributed by atoms with Gasteiger partial charge in [0.25, 0.3) is 0 Å². The summed E-state index contributed by atoms with van der Waals surface area (Å²) in [5.41, 5.74) is 6.94. The summed E-state index contributed by atoms with van der Waals surface area (Å²) in [6.07, 6.45) is 0.225. The summed E-state index contributed by atoms with van der Waals surface area (Å²) in [6.45, 7) is 6.41. The predicted molar refractivity (Wildman–Crippen MR) is 110 cm³/mol. The molecule has 0 bridgehead atoms. The predicted octanol–water partition coefficient (Wildman–Crippen LogP) is 4.11. The largest absolute Gasteiger partial charge is 0.493 e. The molecule has 28 heavy (non-hydrogen) atoms. The van der Waals surface area contributed by atoms with E-state index >= 15 is 0 Å². The van der Waals surface area contributed by atoms with Crippen LogP contribution in [0.25, 0.3) is 22.0 Å². The summed E-state index contributed by atoms with van der Waals surface area (Å²) in [5.74, 6) is 1.16. The lowest BCUT2D eigenvalue weighted by atomic mass is 10.0. The number of rotatable bonds is 6. The highest BCUT2D eigenvalue weighted by Crippen LogP contribution is 2.34. The van der Waals surface area contributed by atoms with Crippen LogP contribution >= 0.6 is 0 Å². The Bertz CT molecular complexity index is 960. The third-order valence-electron chi connectivity index (χ3n) is 3.98. The first kappa shape index (κ1) is 19.5. The molecule has 2 aromatic carbocycles. The number of nitrogen functional groups attached to an aromatic ring is 1. The number of aromatic amines is 1. The highest BCUT2D eigenvalue weighted by atomic mass is 16.6. The number of ether oxygens (including phenoxy) is 2. The van der Waals surface area contributed by atoms with E-state index in [2.05, 4.69) is 21.6 Å². The number of nitrogens with two attached hydrogens (primary N) is 1. The molecule has 1 aromatic heterocycles. The normalized spacial score (nSPS) is 11.4. The van der Waals surface area contributed by atoms with Crippen molar-refractivity contribution in [1.29, 1.82) is 0 Å². The van der Waals surface area contributed by atoms with Crippen molar-refractivity contribution in [1.82, 2.24) is 15.5 Å². The van der Waals surface area contributed by atoms with Crippen molar-refractivity contribution in [2.45, 2.75) is 32.8 Å². The molecule has 1 heterocycles. The van der Waals surface area contributed by atoms with Gasteiger partial charge in [0.05, 0.1) is 12.3 Å². The van der Waals surface area contributed by atoms with Crippen LogP contribution in [0.3, 0.4) is 0 Å². The number of amides is 1. The Labute approximate surface area is 164 Å². The minimum atomic E-state index is -0.507. The Morgan fingerprint density at radius 1 is 1.18 bits per heavy atom. The molecule has 7 nitrogen and oxygen atoms in total. The van der Waals surface area contributed by atoms with Gasteiger partial charge in [-0.05, 0) is 50.1 Å².